The number of ether oxygens (including phenoxy) is 1. The van der Waals surface area contributed by atoms with Gasteiger partial charge in [-0.3, -0.25) is 4.79 Å². The van der Waals surface area contributed by atoms with E-state index in [2.05, 4.69) is 0 Å². The normalized spacial score (nSPS) is 24.4. The molecule has 0 aliphatic carbocycles. The highest BCUT2D eigenvalue weighted by Crippen LogP contribution is 2.34. The zero-order valence-corrected chi connectivity index (χ0v) is 17.2. The zero-order chi connectivity index (χ0) is 21.1. The monoisotopic (exact) mass is 419 g/mol. The maximum atomic E-state index is 12.1. The van der Waals surface area contributed by atoms with Crippen molar-refractivity contribution in [3.05, 3.63) is 64.2 Å². The third kappa shape index (κ3) is 4.73. The number of hydrogen-bond acceptors (Lipinski definition) is 5. The molecule has 2 aromatic rings. The number of likely N-dealkylation sites (tertiary alicyclic amines) is 1. The number of benzene rings is 2. The number of halogens is 1. The van der Waals surface area contributed by atoms with Gasteiger partial charge in [0.05, 0.1) is 12.6 Å². The van der Waals surface area contributed by atoms with Crippen LogP contribution >= 0.6 is 11.6 Å². The maximum absolute atomic E-state index is 12.1. The summed E-state index contributed by atoms with van der Waals surface area (Å²) in [7, 11) is 0. The molecule has 2 aromatic carbocycles. The van der Waals surface area contributed by atoms with Crippen LogP contribution in [0.5, 0.6) is 5.75 Å². The molecule has 0 aromatic heterocycles. The molecule has 0 saturated carbocycles. The van der Waals surface area contributed by atoms with Gasteiger partial charge in [0.15, 0.2) is 0 Å². The van der Waals surface area contributed by atoms with Crippen molar-refractivity contribution in [1.82, 2.24) is 4.90 Å². The first-order valence-electron chi connectivity index (χ1n) is 9.63. The molecular formula is C22H26ClNO5. The number of rotatable bonds is 5. The van der Waals surface area contributed by atoms with E-state index in [1.54, 1.807) is 12.1 Å². The molecular weight excluding hydrogens is 394 g/mol. The van der Waals surface area contributed by atoms with E-state index in [0.29, 0.717) is 23.6 Å². The number of β-amino-alcohol motifs (C(OH)–C–C–N with tert-alkyl or cyclic N) is 1. The number of carbonyl (C=O) groups is 1. The lowest BCUT2D eigenvalue weighted by Crippen LogP contribution is -2.58. The molecule has 0 bridgehead atoms. The molecule has 1 aliphatic rings. The molecule has 4 atom stereocenters. The van der Waals surface area contributed by atoms with E-state index in [9.17, 15) is 20.1 Å². The largest absolute Gasteiger partial charge is 0.494 e. The fraction of sp³-hybridized carbons (Fsp3) is 0.409. The van der Waals surface area contributed by atoms with Gasteiger partial charge in [0, 0.05) is 18.5 Å². The van der Waals surface area contributed by atoms with Crippen LogP contribution in [-0.2, 0) is 11.2 Å². The highest BCUT2D eigenvalue weighted by Gasteiger charge is 2.43. The smallest absolute Gasteiger partial charge is 0.220 e. The van der Waals surface area contributed by atoms with Gasteiger partial charge in [0.25, 0.3) is 0 Å². The second-order valence-corrected chi connectivity index (χ2v) is 7.68. The standard InChI is InChI=1S/C22H26ClNO5/c1-3-29-17-7-4-14(5-8-17)10-16-11-15(6-9-18(16)23)20-22(28)21(27)19(26)12-24(20)13(2)25/h4-9,11,19-22,26-28H,3,10,12H2,1-2H3/t19?,20-,21-,22-/m0/s1. The predicted octanol–water partition coefficient (Wildman–Crippen LogP) is 2.32. The average molecular weight is 420 g/mol. The van der Waals surface area contributed by atoms with Crippen LogP contribution in [0.15, 0.2) is 42.5 Å². The lowest BCUT2D eigenvalue weighted by atomic mass is 9.87. The second kappa shape index (κ2) is 9.13. The topological polar surface area (TPSA) is 90.2 Å². The van der Waals surface area contributed by atoms with Crippen LogP contribution in [0.4, 0.5) is 0 Å². The maximum Gasteiger partial charge on any atom is 0.220 e. The fourth-order valence-corrected chi connectivity index (χ4v) is 3.91. The molecule has 1 saturated heterocycles. The summed E-state index contributed by atoms with van der Waals surface area (Å²) in [4.78, 5) is 13.5. The zero-order valence-electron chi connectivity index (χ0n) is 16.5. The summed E-state index contributed by atoms with van der Waals surface area (Å²) in [5.74, 6) is 0.508. The molecule has 156 valence electrons. The lowest BCUT2D eigenvalue weighted by molar-refractivity contribution is -0.161. The highest BCUT2D eigenvalue weighted by atomic mass is 35.5. The lowest BCUT2D eigenvalue weighted by Gasteiger charge is -2.43. The van der Waals surface area contributed by atoms with E-state index in [-0.39, 0.29) is 12.5 Å². The van der Waals surface area contributed by atoms with Crippen LogP contribution in [0.2, 0.25) is 5.02 Å². The van der Waals surface area contributed by atoms with Gasteiger partial charge in [0.2, 0.25) is 5.91 Å². The number of piperidine rings is 1. The van der Waals surface area contributed by atoms with Crippen molar-refractivity contribution >= 4 is 17.5 Å². The first-order valence-corrected chi connectivity index (χ1v) is 10.0. The van der Waals surface area contributed by atoms with Crippen LogP contribution in [-0.4, -0.2) is 57.6 Å². The quantitative estimate of drug-likeness (QED) is 0.692. The Hall–Kier alpha value is -2.12. The fourth-order valence-electron chi connectivity index (χ4n) is 3.73. The summed E-state index contributed by atoms with van der Waals surface area (Å²) >= 11 is 6.40. The second-order valence-electron chi connectivity index (χ2n) is 7.27. The van der Waals surface area contributed by atoms with E-state index < -0.39 is 24.4 Å². The molecule has 0 spiro atoms. The minimum absolute atomic E-state index is 0.0466. The Morgan fingerprint density at radius 2 is 1.83 bits per heavy atom. The number of aliphatic hydroxyl groups is 3. The number of nitrogens with zero attached hydrogens (tertiary/aromatic N) is 1. The molecule has 1 amide bonds. The van der Waals surface area contributed by atoms with Crippen LogP contribution in [0.1, 0.15) is 36.6 Å². The first kappa shape index (κ1) is 21.6. The third-order valence-electron chi connectivity index (χ3n) is 5.23. The summed E-state index contributed by atoms with van der Waals surface area (Å²) in [6, 6.07) is 12.3. The Morgan fingerprint density at radius 3 is 2.45 bits per heavy atom. The van der Waals surface area contributed by atoms with E-state index in [1.165, 1.54) is 11.8 Å². The van der Waals surface area contributed by atoms with Gasteiger partial charge in [-0.2, -0.15) is 0 Å². The molecule has 1 heterocycles. The number of aliphatic hydroxyl groups excluding tert-OH is 3. The molecule has 1 unspecified atom stereocenters. The summed E-state index contributed by atoms with van der Waals surface area (Å²) in [6.45, 7) is 3.86. The Bertz CT molecular complexity index is 857. The average Bonchev–Trinajstić information content (AvgIpc) is 2.69. The summed E-state index contributed by atoms with van der Waals surface area (Å²) < 4.78 is 5.46. The van der Waals surface area contributed by atoms with E-state index in [1.807, 2.05) is 37.3 Å². The molecule has 1 aliphatic heterocycles. The molecule has 29 heavy (non-hydrogen) atoms. The highest BCUT2D eigenvalue weighted by molar-refractivity contribution is 6.31. The van der Waals surface area contributed by atoms with Crippen molar-refractivity contribution in [3.63, 3.8) is 0 Å². The van der Waals surface area contributed by atoms with Gasteiger partial charge in [-0.25, -0.2) is 0 Å². The van der Waals surface area contributed by atoms with Crippen molar-refractivity contribution in [1.29, 1.82) is 0 Å². The van der Waals surface area contributed by atoms with Crippen LogP contribution in [0.25, 0.3) is 0 Å². The van der Waals surface area contributed by atoms with Crippen molar-refractivity contribution < 1.29 is 24.9 Å². The Morgan fingerprint density at radius 1 is 1.14 bits per heavy atom. The van der Waals surface area contributed by atoms with Gasteiger partial charge in [-0.15, -0.1) is 0 Å². The molecule has 7 heteroatoms. The van der Waals surface area contributed by atoms with Crippen LogP contribution in [0.3, 0.4) is 0 Å². The predicted molar refractivity (Wildman–Crippen MR) is 110 cm³/mol. The van der Waals surface area contributed by atoms with Gasteiger partial charge >= 0.3 is 0 Å². The third-order valence-corrected chi connectivity index (χ3v) is 5.60. The summed E-state index contributed by atoms with van der Waals surface area (Å²) in [6.07, 6.45) is -3.27. The molecule has 3 rings (SSSR count). The van der Waals surface area contributed by atoms with Gasteiger partial charge in [-0.1, -0.05) is 35.9 Å². The Labute approximate surface area is 175 Å². The minimum atomic E-state index is -1.33. The van der Waals surface area contributed by atoms with E-state index in [0.717, 1.165) is 16.9 Å². The Kier molecular flexibility index (Phi) is 6.80. The van der Waals surface area contributed by atoms with Crippen molar-refractivity contribution in [3.8, 4) is 5.75 Å². The number of hydrogen-bond donors (Lipinski definition) is 3. The Balaban J connectivity index is 1.89. The van der Waals surface area contributed by atoms with Crippen LogP contribution in [0, 0.1) is 0 Å². The molecule has 6 nitrogen and oxygen atoms in total. The summed E-state index contributed by atoms with van der Waals surface area (Å²) in [5, 5.41) is 31.2. The number of amides is 1. The molecule has 0 radical (unpaired) electrons. The van der Waals surface area contributed by atoms with E-state index in [4.69, 9.17) is 16.3 Å². The van der Waals surface area contributed by atoms with Crippen molar-refractivity contribution in [2.24, 2.45) is 0 Å². The van der Waals surface area contributed by atoms with Crippen molar-refractivity contribution in [2.45, 2.75) is 44.6 Å². The van der Waals surface area contributed by atoms with Gasteiger partial charge in [0.1, 0.15) is 24.1 Å². The summed E-state index contributed by atoms with van der Waals surface area (Å²) in [5.41, 5.74) is 2.53. The molecule has 1 fully saturated rings. The van der Waals surface area contributed by atoms with E-state index >= 15 is 0 Å². The van der Waals surface area contributed by atoms with Crippen molar-refractivity contribution in [2.75, 3.05) is 13.2 Å². The minimum Gasteiger partial charge on any atom is -0.494 e. The first-order chi connectivity index (χ1) is 13.8. The van der Waals surface area contributed by atoms with Gasteiger partial charge in [-0.05, 0) is 48.2 Å². The SMILES string of the molecule is CCOc1ccc(Cc2cc([C@H]3[C@H](O)[C@@H](O)C(O)CN3C(C)=O)ccc2Cl)cc1. The van der Waals surface area contributed by atoms with Gasteiger partial charge < -0.3 is 25.0 Å². The molecule has 3 N–H and O–H groups in total. The number of carbonyl (C=O) groups excluding carboxylic acids is 1. The van der Waals surface area contributed by atoms with Crippen LogP contribution < -0.4 is 4.74 Å².